The summed E-state index contributed by atoms with van der Waals surface area (Å²) < 4.78 is 0. The second-order valence-corrected chi connectivity index (χ2v) is 5.87. The van der Waals surface area contributed by atoms with Crippen LogP contribution in [0.25, 0.3) is 0 Å². The molecule has 2 aromatic rings. The predicted octanol–water partition coefficient (Wildman–Crippen LogP) is 3.76. The van der Waals surface area contributed by atoms with Gasteiger partial charge >= 0.3 is 0 Å². The number of hydrogen-bond donors (Lipinski definition) is 0. The molecule has 6 heteroatoms. The maximum atomic E-state index is 12.2. The minimum absolute atomic E-state index is 0.147. The van der Waals surface area contributed by atoms with Crippen LogP contribution in [-0.2, 0) is 6.42 Å². The molecule has 19 heavy (non-hydrogen) atoms. The Hall–Kier alpha value is -1.10. The average Bonchev–Trinajstić information content (AvgIpc) is 2.91. The van der Waals surface area contributed by atoms with Gasteiger partial charge in [-0.2, -0.15) is 0 Å². The molecule has 0 aliphatic carbocycles. The van der Waals surface area contributed by atoms with Gasteiger partial charge in [-0.3, -0.25) is 4.79 Å². The van der Waals surface area contributed by atoms with E-state index < -0.39 is 0 Å². The lowest BCUT2D eigenvalue weighted by molar-refractivity contribution is 0.0797. The van der Waals surface area contributed by atoms with Crippen LogP contribution in [0.3, 0.4) is 0 Å². The zero-order valence-electron chi connectivity index (χ0n) is 10.3. The van der Waals surface area contributed by atoms with E-state index in [0.29, 0.717) is 17.1 Å². The van der Waals surface area contributed by atoms with Crippen molar-refractivity contribution in [3.63, 3.8) is 0 Å². The quantitative estimate of drug-likeness (QED) is 0.805. The van der Waals surface area contributed by atoms with E-state index in [-0.39, 0.29) is 11.1 Å². The van der Waals surface area contributed by atoms with E-state index in [0.717, 1.165) is 6.42 Å². The number of amides is 1. The molecule has 0 bridgehead atoms. The molecular formula is C13H12Cl2N2OS. The largest absolute Gasteiger partial charge is 0.341 e. The first kappa shape index (κ1) is 14.3. The van der Waals surface area contributed by atoms with Crippen LogP contribution >= 0.6 is 34.5 Å². The molecule has 2 heterocycles. The maximum absolute atomic E-state index is 12.2. The number of thiophene rings is 1. The van der Waals surface area contributed by atoms with Crippen molar-refractivity contribution in [2.45, 2.75) is 6.42 Å². The minimum atomic E-state index is -0.147. The second kappa shape index (κ2) is 6.37. The van der Waals surface area contributed by atoms with Crippen LogP contribution < -0.4 is 0 Å². The van der Waals surface area contributed by atoms with Crippen molar-refractivity contribution < 1.29 is 4.79 Å². The lowest BCUT2D eigenvalue weighted by Crippen LogP contribution is -2.29. The highest BCUT2D eigenvalue weighted by molar-refractivity contribution is 7.09. The smallest absolute Gasteiger partial charge is 0.255 e. The van der Waals surface area contributed by atoms with Crippen LogP contribution in [0.1, 0.15) is 15.2 Å². The minimum Gasteiger partial charge on any atom is -0.341 e. The molecule has 1 amide bonds. The van der Waals surface area contributed by atoms with E-state index in [4.69, 9.17) is 23.2 Å². The third-order valence-corrected chi connectivity index (χ3v) is 4.12. The Bertz CT molecular complexity index is 572. The molecular weight excluding hydrogens is 303 g/mol. The molecule has 2 rings (SSSR count). The molecule has 0 saturated carbocycles. The van der Waals surface area contributed by atoms with Crippen LogP contribution in [0.5, 0.6) is 0 Å². The molecule has 0 spiro atoms. The summed E-state index contributed by atoms with van der Waals surface area (Å²) in [5, 5.41) is 2.60. The highest BCUT2D eigenvalue weighted by Gasteiger charge is 2.16. The number of nitrogens with zero attached hydrogens (tertiary/aromatic N) is 2. The summed E-state index contributed by atoms with van der Waals surface area (Å²) in [5.74, 6) is -0.147. The third kappa shape index (κ3) is 3.69. The molecule has 0 fully saturated rings. The number of aromatic nitrogens is 1. The first-order valence-corrected chi connectivity index (χ1v) is 7.30. The zero-order chi connectivity index (χ0) is 13.8. The van der Waals surface area contributed by atoms with Crippen LogP contribution in [0.15, 0.2) is 29.8 Å². The summed E-state index contributed by atoms with van der Waals surface area (Å²) in [6.07, 6.45) is 2.22. The Morgan fingerprint density at radius 1 is 1.47 bits per heavy atom. The molecule has 0 atom stereocenters. The average molecular weight is 315 g/mol. The van der Waals surface area contributed by atoms with Gasteiger partial charge in [0.2, 0.25) is 0 Å². The van der Waals surface area contributed by atoms with Gasteiger partial charge < -0.3 is 4.90 Å². The predicted molar refractivity (Wildman–Crippen MR) is 79.2 cm³/mol. The standard InChI is InChI=1S/C13H12Cl2N2OS/c1-17(5-4-9-3-2-6-19-9)13(18)10-7-12(15)16-8-11(10)14/h2-3,6-8H,4-5H2,1H3. The van der Waals surface area contributed by atoms with E-state index in [1.165, 1.54) is 17.1 Å². The van der Waals surface area contributed by atoms with Crippen molar-refractivity contribution >= 4 is 40.4 Å². The van der Waals surface area contributed by atoms with Crippen molar-refractivity contribution in [3.05, 3.63) is 50.4 Å². The summed E-state index contributed by atoms with van der Waals surface area (Å²) >= 11 is 13.4. The van der Waals surface area contributed by atoms with Gasteiger partial charge in [-0.25, -0.2) is 4.98 Å². The molecule has 0 aliphatic heterocycles. The number of carbonyl (C=O) groups is 1. The number of carbonyl (C=O) groups excluding carboxylic acids is 1. The fourth-order valence-electron chi connectivity index (χ4n) is 1.62. The molecule has 0 radical (unpaired) electrons. The number of hydrogen-bond acceptors (Lipinski definition) is 3. The summed E-state index contributed by atoms with van der Waals surface area (Å²) in [7, 11) is 1.75. The highest BCUT2D eigenvalue weighted by Crippen LogP contribution is 2.20. The molecule has 100 valence electrons. The van der Waals surface area contributed by atoms with Crippen LogP contribution in [0.4, 0.5) is 0 Å². The van der Waals surface area contributed by atoms with Gasteiger partial charge in [0, 0.05) is 24.7 Å². The lowest BCUT2D eigenvalue weighted by Gasteiger charge is -2.17. The lowest BCUT2D eigenvalue weighted by atomic mass is 10.2. The summed E-state index contributed by atoms with van der Waals surface area (Å²) in [5.41, 5.74) is 0.385. The van der Waals surface area contributed by atoms with Crippen molar-refractivity contribution in [2.75, 3.05) is 13.6 Å². The van der Waals surface area contributed by atoms with Gasteiger partial charge in [-0.1, -0.05) is 29.3 Å². The topological polar surface area (TPSA) is 33.2 Å². The Kier molecular flexibility index (Phi) is 4.80. The molecule has 2 aromatic heterocycles. The summed E-state index contributed by atoms with van der Waals surface area (Å²) in [6, 6.07) is 5.55. The van der Waals surface area contributed by atoms with Gasteiger partial charge in [0.1, 0.15) is 5.15 Å². The Morgan fingerprint density at radius 2 is 2.26 bits per heavy atom. The number of halogens is 2. The van der Waals surface area contributed by atoms with Crippen molar-refractivity contribution in [3.8, 4) is 0 Å². The molecule has 0 aromatic carbocycles. The highest BCUT2D eigenvalue weighted by atomic mass is 35.5. The van der Waals surface area contributed by atoms with E-state index in [2.05, 4.69) is 11.1 Å². The van der Waals surface area contributed by atoms with Crippen LogP contribution in [0, 0.1) is 0 Å². The van der Waals surface area contributed by atoms with E-state index >= 15 is 0 Å². The van der Waals surface area contributed by atoms with E-state index in [9.17, 15) is 4.79 Å². The molecule has 0 aliphatic rings. The maximum Gasteiger partial charge on any atom is 0.255 e. The fraction of sp³-hybridized carbons (Fsp3) is 0.231. The van der Waals surface area contributed by atoms with Gasteiger partial charge in [0.15, 0.2) is 0 Å². The Labute approximate surface area is 125 Å². The van der Waals surface area contributed by atoms with Gasteiger partial charge in [-0.15, -0.1) is 11.3 Å². The van der Waals surface area contributed by atoms with Gasteiger partial charge in [0.05, 0.1) is 10.6 Å². The van der Waals surface area contributed by atoms with Crippen molar-refractivity contribution in [2.24, 2.45) is 0 Å². The Balaban J connectivity index is 2.04. The summed E-state index contributed by atoms with van der Waals surface area (Å²) in [4.78, 5) is 19.0. The van der Waals surface area contributed by atoms with Crippen molar-refractivity contribution in [1.82, 2.24) is 9.88 Å². The molecule has 3 nitrogen and oxygen atoms in total. The number of rotatable bonds is 4. The van der Waals surface area contributed by atoms with E-state index in [1.54, 1.807) is 23.3 Å². The first-order chi connectivity index (χ1) is 9.08. The van der Waals surface area contributed by atoms with Crippen molar-refractivity contribution in [1.29, 1.82) is 0 Å². The molecule has 0 saturated heterocycles. The molecule has 0 N–H and O–H groups in total. The normalized spacial score (nSPS) is 10.5. The Morgan fingerprint density at radius 3 is 2.95 bits per heavy atom. The van der Waals surface area contributed by atoms with Crippen LogP contribution in [0.2, 0.25) is 10.2 Å². The van der Waals surface area contributed by atoms with Crippen LogP contribution in [-0.4, -0.2) is 29.4 Å². The van der Waals surface area contributed by atoms with E-state index in [1.807, 2.05) is 11.4 Å². The summed E-state index contributed by atoms with van der Waals surface area (Å²) in [6.45, 7) is 0.635. The van der Waals surface area contributed by atoms with Gasteiger partial charge in [0.25, 0.3) is 5.91 Å². The van der Waals surface area contributed by atoms with Gasteiger partial charge in [-0.05, 0) is 23.9 Å². The zero-order valence-corrected chi connectivity index (χ0v) is 12.6. The number of likely N-dealkylation sites (N-methyl/N-ethyl adjacent to an activating group) is 1. The molecule has 0 unspecified atom stereocenters. The monoisotopic (exact) mass is 314 g/mol. The number of pyridine rings is 1. The third-order valence-electron chi connectivity index (χ3n) is 2.67. The SMILES string of the molecule is CN(CCc1cccs1)C(=O)c1cc(Cl)ncc1Cl. The second-order valence-electron chi connectivity index (χ2n) is 4.04. The fourth-order valence-corrected chi connectivity index (χ4v) is 2.66. The first-order valence-electron chi connectivity index (χ1n) is 5.67.